The zero-order valence-electron chi connectivity index (χ0n) is 15.1. The van der Waals surface area contributed by atoms with Crippen molar-refractivity contribution in [2.75, 3.05) is 14.1 Å². The monoisotopic (exact) mass is 389 g/mol. The van der Waals surface area contributed by atoms with Crippen molar-refractivity contribution in [2.24, 2.45) is 0 Å². The normalized spacial score (nSPS) is 11.1. The van der Waals surface area contributed by atoms with E-state index in [0.29, 0.717) is 0 Å². The van der Waals surface area contributed by atoms with Gasteiger partial charge in [-0.1, -0.05) is 60.7 Å². The van der Waals surface area contributed by atoms with Gasteiger partial charge in [-0.05, 0) is 45.4 Å². The van der Waals surface area contributed by atoms with Crippen molar-refractivity contribution in [2.45, 2.75) is 9.79 Å². The Balaban J connectivity index is 2.09. The Bertz CT molecular complexity index is 1170. The molecule has 4 aromatic rings. The minimum atomic E-state index is 0.00693. The molecule has 2 nitrogen and oxygen atoms in total. The summed E-state index contributed by atoms with van der Waals surface area (Å²) < 4.78 is 0. The molecule has 27 heavy (non-hydrogen) atoms. The number of rotatable bonds is 2. The van der Waals surface area contributed by atoms with Gasteiger partial charge in [-0.25, -0.2) is 0 Å². The molecule has 0 saturated heterocycles. The van der Waals surface area contributed by atoms with Crippen LogP contribution in [-0.2, 0) is 0 Å². The Kier molecular flexibility index (Phi) is 4.85. The molecule has 0 N–H and O–H groups in total. The molecule has 4 aromatic carbocycles. The van der Waals surface area contributed by atoms with Crippen LogP contribution in [0.2, 0.25) is 0 Å². The van der Waals surface area contributed by atoms with Crippen LogP contribution in [0, 0.1) is 0 Å². The number of hydrogen-bond donors (Lipinski definition) is 1. The third-order valence-corrected chi connectivity index (χ3v) is 6.08. The summed E-state index contributed by atoms with van der Waals surface area (Å²) in [7, 11) is 3.55. The van der Waals surface area contributed by atoms with Gasteiger partial charge in [0.05, 0.1) is 0 Å². The first kappa shape index (κ1) is 18.0. The Morgan fingerprint density at radius 2 is 1.33 bits per heavy atom. The van der Waals surface area contributed by atoms with E-state index in [-0.39, 0.29) is 5.24 Å². The highest BCUT2D eigenvalue weighted by Crippen LogP contribution is 2.43. The first-order valence-corrected chi connectivity index (χ1v) is 9.94. The second-order valence-corrected chi connectivity index (χ2v) is 8.08. The zero-order valence-corrected chi connectivity index (χ0v) is 16.9. The van der Waals surface area contributed by atoms with Gasteiger partial charge >= 0.3 is 0 Å². The van der Waals surface area contributed by atoms with Gasteiger partial charge in [-0.2, -0.15) is 0 Å². The number of benzene rings is 4. The summed E-state index contributed by atoms with van der Waals surface area (Å²) in [6, 6.07) is 24.8. The van der Waals surface area contributed by atoms with Crippen molar-refractivity contribution in [3.05, 3.63) is 72.8 Å². The number of hydrogen-bond acceptors (Lipinski definition) is 3. The number of carbonyl (C=O) groups is 1. The minimum Gasteiger partial charge on any atom is -0.339 e. The first-order valence-electron chi connectivity index (χ1n) is 8.68. The summed E-state index contributed by atoms with van der Waals surface area (Å²) >= 11 is 6.04. The van der Waals surface area contributed by atoms with Crippen LogP contribution >= 0.6 is 24.4 Å². The molecule has 0 radical (unpaired) electrons. The summed E-state index contributed by atoms with van der Waals surface area (Å²) in [6.07, 6.45) is 0. The molecule has 4 rings (SSSR count). The topological polar surface area (TPSA) is 20.3 Å². The number of nitrogens with zero attached hydrogens (tertiary/aromatic N) is 1. The molecular weight excluding hydrogens is 370 g/mol. The van der Waals surface area contributed by atoms with Gasteiger partial charge in [0.2, 0.25) is 0 Å². The number of thiol groups is 1. The number of fused-ring (bicyclic) bond motifs is 2. The van der Waals surface area contributed by atoms with Crippen LogP contribution in [0.25, 0.3) is 32.7 Å². The third kappa shape index (κ3) is 3.31. The average Bonchev–Trinajstić information content (AvgIpc) is 2.68. The fourth-order valence-electron chi connectivity index (χ4n) is 3.30. The molecule has 0 atom stereocenters. The van der Waals surface area contributed by atoms with E-state index in [2.05, 4.69) is 36.4 Å². The van der Waals surface area contributed by atoms with Crippen molar-refractivity contribution < 1.29 is 4.79 Å². The molecule has 1 amide bonds. The van der Waals surface area contributed by atoms with Gasteiger partial charge in [0.15, 0.2) is 0 Å². The molecule has 0 aromatic heterocycles. The lowest BCUT2D eigenvalue weighted by atomic mass is 9.94. The Morgan fingerprint density at radius 3 is 1.96 bits per heavy atom. The molecule has 0 bridgehead atoms. The third-order valence-electron chi connectivity index (χ3n) is 4.61. The van der Waals surface area contributed by atoms with Crippen molar-refractivity contribution in [1.82, 2.24) is 4.90 Å². The number of amides is 1. The fraction of sp³-hybridized carbons (Fsp3) is 0.0870. The minimum absolute atomic E-state index is 0.00693. The van der Waals surface area contributed by atoms with Gasteiger partial charge in [0.25, 0.3) is 5.24 Å². The molecule has 0 heterocycles. The molecule has 0 saturated carbocycles. The highest BCUT2D eigenvalue weighted by Gasteiger charge is 2.18. The first-order chi connectivity index (χ1) is 13.1. The van der Waals surface area contributed by atoms with E-state index in [4.69, 9.17) is 12.6 Å². The summed E-state index contributed by atoms with van der Waals surface area (Å²) in [5.41, 5.74) is 2.14. The maximum absolute atomic E-state index is 12.5. The van der Waals surface area contributed by atoms with E-state index in [0.717, 1.165) is 42.5 Å². The van der Waals surface area contributed by atoms with Gasteiger partial charge in [0.1, 0.15) is 0 Å². The number of thioether (sulfide) groups is 1. The van der Waals surface area contributed by atoms with E-state index >= 15 is 0 Å². The summed E-state index contributed by atoms with van der Waals surface area (Å²) in [4.78, 5) is 15.9. The molecule has 134 valence electrons. The second-order valence-electron chi connectivity index (χ2n) is 6.60. The molecule has 4 heteroatoms. The fourth-order valence-corrected chi connectivity index (χ4v) is 4.43. The lowest BCUT2D eigenvalue weighted by Crippen LogP contribution is -2.16. The Morgan fingerprint density at radius 1 is 0.778 bits per heavy atom. The predicted octanol–water partition coefficient (Wildman–Crippen LogP) is 6.72. The van der Waals surface area contributed by atoms with E-state index in [1.54, 1.807) is 19.0 Å². The highest BCUT2D eigenvalue weighted by atomic mass is 32.2. The Labute approximate surface area is 168 Å². The van der Waals surface area contributed by atoms with Gasteiger partial charge < -0.3 is 4.90 Å². The zero-order chi connectivity index (χ0) is 19.0. The highest BCUT2D eigenvalue weighted by molar-refractivity contribution is 8.13. The lowest BCUT2D eigenvalue weighted by Gasteiger charge is -2.18. The van der Waals surface area contributed by atoms with Crippen LogP contribution in [0.1, 0.15) is 0 Å². The molecule has 0 aliphatic carbocycles. The molecule has 0 spiro atoms. The number of carbonyl (C=O) groups excluding carboxylic acids is 1. The van der Waals surface area contributed by atoms with E-state index in [1.165, 1.54) is 11.8 Å². The van der Waals surface area contributed by atoms with Gasteiger partial charge in [-0.15, -0.1) is 12.6 Å². The van der Waals surface area contributed by atoms with Gasteiger partial charge in [-0.3, -0.25) is 4.79 Å². The second kappa shape index (κ2) is 7.29. The van der Waals surface area contributed by atoms with Crippen LogP contribution in [-0.4, -0.2) is 24.2 Å². The van der Waals surface area contributed by atoms with Crippen LogP contribution < -0.4 is 0 Å². The maximum Gasteiger partial charge on any atom is 0.285 e. The quantitative estimate of drug-likeness (QED) is 0.303. The molecule has 0 aliphatic rings. The maximum atomic E-state index is 12.5. The largest absolute Gasteiger partial charge is 0.339 e. The van der Waals surface area contributed by atoms with Crippen LogP contribution in [0.3, 0.4) is 0 Å². The predicted molar refractivity (Wildman–Crippen MR) is 119 cm³/mol. The van der Waals surface area contributed by atoms with E-state index in [1.807, 2.05) is 36.4 Å². The smallest absolute Gasteiger partial charge is 0.285 e. The molecular formula is C23H19NOS2. The molecule has 0 unspecified atom stereocenters. The Hall–Kier alpha value is -2.43. The van der Waals surface area contributed by atoms with Crippen molar-refractivity contribution >= 4 is 51.2 Å². The lowest BCUT2D eigenvalue weighted by molar-refractivity contribution is 0.241. The molecule has 0 fully saturated rings. The van der Waals surface area contributed by atoms with Gasteiger partial charge in [0, 0.05) is 35.0 Å². The van der Waals surface area contributed by atoms with Crippen molar-refractivity contribution in [3.8, 4) is 11.1 Å². The van der Waals surface area contributed by atoms with Crippen LogP contribution in [0.15, 0.2) is 82.6 Å². The van der Waals surface area contributed by atoms with Crippen LogP contribution in [0.4, 0.5) is 4.79 Å². The standard InChI is InChI=1S/C23H19NOS2/c1-24(2)23(25)27-20-14-12-16-8-4-6-10-18(16)22(20)21-17-9-5-3-7-15(17)11-13-19(21)26/h3-14,26H,1-2H3. The summed E-state index contributed by atoms with van der Waals surface area (Å²) in [5.74, 6) is 0. The average molecular weight is 390 g/mol. The van der Waals surface area contributed by atoms with Crippen molar-refractivity contribution in [1.29, 1.82) is 0 Å². The van der Waals surface area contributed by atoms with E-state index in [9.17, 15) is 4.79 Å². The van der Waals surface area contributed by atoms with Crippen molar-refractivity contribution in [3.63, 3.8) is 0 Å². The summed E-state index contributed by atoms with van der Waals surface area (Å²) in [6.45, 7) is 0. The SMILES string of the molecule is CN(C)C(=O)Sc1ccc2ccccc2c1-c1c(S)ccc2ccccc12. The molecule has 0 aliphatic heterocycles. The van der Waals surface area contributed by atoms with E-state index < -0.39 is 0 Å². The summed E-state index contributed by atoms with van der Waals surface area (Å²) in [5, 5.41) is 4.58. The van der Waals surface area contributed by atoms with Crippen LogP contribution in [0.5, 0.6) is 0 Å².